The van der Waals surface area contributed by atoms with Gasteiger partial charge in [0.2, 0.25) is 5.88 Å². The van der Waals surface area contributed by atoms with E-state index in [2.05, 4.69) is 9.72 Å². The van der Waals surface area contributed by atoms with E-state index in [4.69, 9.17) is 14.6 Å². The molecule has 0 saturated heterocycles. The van der Waals surface area contributed by atoms with Crippen LogP contribution in [-0.4, -0.2) is 22.4 Å². The zero-order valence-corrected chi connectivity index (χ0v) is 10.8. The third kappa shape index (κ3) is 4.83. The van der Waals surface area contributed by atoms with Gasteiger partial charge in [-0.3, -0.25) is 0 Å². The molecule has 0 spiro atoms. The summed E-state index contributed by atoms with van der Waals surface area (Å²) < 4.78 is 14.1. The van der Waals surface area contributed by atoms with Gasteiger partial charge in [0.15, 0.2) is 0 Å². The topological polar surface area (TPSA) is 95.0 Å². The van der Waals surface area contributed by atoms with Gasteiger partial charge in [-0.2, -0.15) is 0 Å². The van der Waals surface area contributed by atoms with E-state index in [9.17, 15) is 9.59 Å². The Bertz CT molecular complexity index is 628. The number of carbonyl (C=O) groups excluding carboxylic acids is 1. The Hall–Kier alpha value is -3.09. The first-order valence-electron chi connectivity index (χ1n) is 5.89. The smallest absolute Gasteiger partial charge is 0.449 e. The van der Waals surface area contributed by atoms with E-state index in [1.165, 1.54) is 12.3 Å². The molecule has 0 fully saturated rings. The molecule has 1 aromatic heterocycles. The van der Waals surface area contributed by atoms with Crippen LogP contribution in [0, 0.1) is 0 Å². The molecule has 1 heterocycles. The molecule has 7 nitrogen and oxygen atoms in total. The Balaban J connectivity index is 1.89. The van der Waals surface area contributed by atoms with E-state index < -0.39 is 12.3 Å². The highest BCUT2D eigenvalue weighted by Crippen LogP contribution is 2.17. The molecule has 1 N–H and O–H groups in total. The van der Waals surface area contributed by atoms with Crippen LogP contribution in [0.25, 0.3) is 0 Å². The van der Waals surface area contributed by atoms with Crippen LogP contribution in [0.5, 0.6) is 11.6 Å². The zero-order chi connectivity index (χ0) is 15.1. The summed E-state index contributed by atoms with van der Waals surface area (Å²) in [5.41, 5.74) is 0.811. The molecule has 2 aromatic rings. The van der Waals surface area contributed by atoms with Crippen LogP contribution in [0.3, 0.4) is 0 Å². The maximum atomic E-state index is 11.5. The normalized spacial score (nSPS) is 9.71. The van der Waals surface area contributed by atoms with Crippen molar-refractivity contribution in [3.63, 3.8) is 0 Å². The third-order valence-corrected chi connectivity index (χ3v) is 2.30. The van der Waals surface area contributed by atoms with Gasteiger partial charge in [-0.15, -0.1) is 0 Å². The standard InChI is InChI=1S/C14H11NO6/c16-13(17)20-11-6-7-15-12(8-11)21-14(18)19-9-10-4-2-1-3-5-10/h1-8H,9H2,(H,16,17). The minimum atomic E-state index is -1.47. The van der Waals surface area contributed by atoms with Crippen molar-refractivity contribution in [2.45, 2.75) is 6.61 Å². The summed E-state index contributed by atoms with van der Waals surface area (Å²) >= 11 is 0. The molecule has 7 heteroatoms. The molecule has 0 unspecified atom stereocenters. The lowest BCUT2D eigenvalue weighted by atomic mass is 10.2. The molecule has 2 rings (SSSR count). The van der Waals surface area contributed by atoms with E-state index in [-0.39, 0.29) is 18.2 Å². The number of carboxylic acid groups (broad SMARTS) is 1. The van der Waals surface area contributed by atoms with E-state index >= 15 is 0 Å². The number of aromatic nitrogens is 1. The van der Waals surface area contributed by atoms with Crippen molar-refractivity contribution in [1.29, 1.82) is 0 Å². The largest absolute Gasteiger partial charge is 0.515 e. The van der Waals surface area contributed by atoms with Crippen molar-refractivity contribution in [3.8, 4) is 11.6 Å². The quantitative estimate of drug-likeness (QED) is 0.864. The third-order valence-electron chi connectivity index (χ3n) is 2.30. The van der Waals surface area contributed by atoms with Crippen molar-refractivity contribution in [2.75, 3.05) is 0 Å². The SMILES string of the molecule is O=C(O)Oc1ccnc(OC(=O)OCc2ccccc2)c1. The van der Waals surface area contributed by atoms with Gasteiger partial charge in [0, 0.05) is 12.3 Å². The fourth-order valence-corrected chi connectivity index (χ4v) is 1.44. The number of hydrogen-bond acceptors (Lipinski definition) is 6. The van der Waals surface area contributed by atoms with Crippen molar-refractivity contribution >= 4 is 12.3 Å². The summed E-state index contributed by atoms with van der Waals surface area (Å²) in [7, 11) is 0. The van der Waals surface area contributed by atoms with Gasteiger partial charge in [-0.25, -0.2) is 14.6 Å². The molecule has 0 radical (unpaired) electrons. The van der Waals surface area contributed by atoms with Gasteiger partial charge in [0.05, 0.1) is 0 Å². The predicted octanol–water partition coefficient (Wildman–Crippen LogP) is 2.85. The maximum absolute atomic E-state index is 11.5. The second-order valence-corrected chi connectivity index (χ2v) is 3.82. The van der Waals surface area contributed by atoms with Crippen LogP contribution in [0.2, 0.25) is 0 Å². The first-order chi connectivity index (χ1) is 10.1. The lowest BCUT2D eigenvalue weighted by Crippen LogP contribution is -2.11. The van der Waals surface area contributed by atoms with Gasteiger partial charge in [0.1, 0.15) is 12.4 Å². The monoisotopic (exact) mass is 289 g/mol. The van der Waals surface area contributed by atoms with Crippen molar-refractivity contribution in [3.05, 3.63) is 54.2 Å². The second-order valence-electron chi connectivity index (χ2n) is 3.82. The van der Waals surface area contributed by atoms with Crippen molar-refractivity contribution < 1.29 is 28.9 Å². The van der Waals surface area contributed by atoms with Crippen molar-refractivity contribution in [1.82, 2.24) is 4.98 Å². The molecule has 0 atom stereocenters. The highest BCUT2D eigenvalue weighted by Gasteiger charge is 2.09. The number of nitrogens with zero attached hydrogens (tertiary/aromatic N) is 1. The first-order valence-corrected chi connectivity index (χ1v) is 5.89. The second kappa shape index (κ2) is 6.90. The summed E-state index contributed by atoms with van der Waals surface area (Å²) in [5, 5.41) is 8.47. The van der Waals surface area contributed by atoms with Crippen LogP contribution < -0.4 is 9.47 Å². The molecule has 0 aliphatic heterocycles. The summed E-state index contributed by atoms with van der Waals surface area (Å²) in [6.07, 6.45) is -1.17. The Labute approximate surface area is 119 Å². The molecule has 0 aliphatic carbocycles. The number of carbonyl (C=O) groups is 2. The summed E-state index contributed by atoms with van der Waals surface area (Å²) in [4.78, 5) is 25.6. The number of hydrogen-bond donors (Lipinski definition) is 1. The molecule has 0 amide bonds. The summed E-state index contributed by atoms with van der Waals surface area (Å²) in [5.74, 6) is -0.129. The first kappa shape index (κ1) is 14.3. The van der Waals surface area contributed by atoms with E-state index in [0.717, 1.165) is 11.6 Å². The number of pyridine rings is 1. The minimum absolute atomic E-state index is 0.0108. The lowest BCUT2D eigenvalue weighted by molar-refractivity contribution is 0.0912. The highest BCUT2D eigenvalue weighted by atomic mass is 16.7. The fraction of sp³-hybridized carbons (Fsp3) is 0.0714. The van der Waals surface area contributed by atoms with Gasteiger partial charge < -0.3 is 19.3 Å². The molecular weight excluding hydrogens is 278 g/mol. The van der Waals surface area contributed by atoms with Crippen LogP contribution in [-0.2, 0) is 11.3 Å². The molecule has 0 bridgehead atoms. The molecule has 0 aliphatic rings. The van der Waals surface area contributed by atoms with Crippen LogP contribution >= 0.6 is 0 Å². The van der Waals surface area contributed by atoms with E-state index in [1.807, 2.05) is 18.2 Å². The highest BCUT2D eigenvalue weighted by molar-refractivity contribution is 5.64. The zero-order valence-electron chi connectivity index (χ0n) is 10.8. The van der Waals surface area contributed by atoms with Gasteiger partial charge in [-0.1, -0.05) is 30.3 Å². The average molecular weight is 289 g/mol. The minimum Gasteiger partial charge on any atom is -0.449 e. The summed E-state index contributed by atoms with van der Waals surface area (Å²) in [6, 6.07) is 11.6. The van der Waals surface area contributed by atoms with Crippen molar-refractivity contribution in [2.24, 2.45) is 0 Å². The Morgan fingerprint density at radius 3 is 2.57 bits per heavy atom. The lowest BCUT2D eigenvalue weighted by Gasteiger charge is -2.06. The Morgan fingerprint density at radius 2 is 1.86 bits per heavy atom. The maximum Gasteiger partial charge on any atom is 0.515 e. The van der Waals surface area contributed by atoms with Gasteiger partial charge in [0.25, 0.3) is 0 Å². The summed E-state index contributed by atoms with van der Waals surface area (Å²) in [6.45, 7) is 0.0605. The van der Waals surface area contributed by atoms with Crippen LogP contribution in [0.1, 0.15) is 5.56 Å². The Morgan fingerprint density at radius 1 is 1.10 bits per heavy atom. The molecule has 1 aromatic carbocycles. The number of ether oxygens (including phenoxy) is 3. The predicted molar refractivity (Wildman–Crippen MR) is 70.1 cm³/mol. The molecule has 21 heavy (non-hydrogen) atoms. The number of rotatable bonds is 4. The average Bonchev–Trinajstić information content (AvgIpc) is 2.46. The number of benzene rings is 1. The van der Waals surface area contributed by atoms with E-state index in [1.54, 1.807) is 12.1 Å². The van der Waals surface area contributed by atoms with Gasteiger partial charge >= 0.3 is 12.3 Å². The van der Waals surface area contributed by atoms with E-state index in [0.29, 0.717) is 0 Å². The molecule has 0 saturated carbocycles. The molecule has 108 valence electrons. The fourth-order valence-electron chi connectivity index (χ4n) is 1.44. The Kier molecular flexibility index (Phi) is 4.70. The van der Waals surface area contributed by atoms with Crippen LogP contribution in [0.15, 0.2) is 48.7 Å². The van der Waals surface area contributed by atoms with Crippen LogP contribution in [0.4, 0.5) is 9.59 Å². The van der Waals surface area contributed by atoms with Gasteiger partial charge in [-0.05, 0) is 11.6 Å². The molecular formula is C14H11NO6.